The lowest BCUT2D eigenvalue weighted by Crippen LogP contribution is -2.48. The Balaban J connectivity index is 1.13. The number of benzene rings is 3. The third-order valence-corrected chi connectivity index (χ3v) is 8.82. The molecule has 1 atom stereocenters. The fourth-order valence-corrected chi connectivity index (χ4v) is 6.33. The Morgan fingerprint density at radius 2 is 1.60 bits per heavy atom. The van der Waals surface area contributed by atoms with Crippen LogP contribution in [0.2, 0.25) is 0 Å². The maximum Gasteiger partial charge on any atom is 0.336 e. The number of rotatable bonds is 8. The lowest BCUT2D eigenvalue weighted by molar-refractivity contribution is -0.140. The summed E-state index contributed by atoms with van der Waals surface area (Å²) in [5.41, 5.74) is 5.69. The third kappa shape index (κ3) is 6.59. The molecule has 0 aromatic heterocycles. The summed E-state index contributed by atoms with van der Waals surface area (Å²) in [4.78, 5) is 46.1. The summed E-state index contributed by atoms with van der Waals surface area (Å²) in [6, 6.07) is 21.4. The minimum Gasteiger partial charge on any atom is -0.463 e. The molecule has 0 saturated carbocycles. The number of nitrogens with zero attached hydrogens (tertiary/aromatic N) is 3. The molecule has 2 amide bonds. The molecule has 9 heteroatoms. The van der Waals surface area contributed by atoms with Gasteiger partial charge in [0.25, 0.3) is 5.91 Å². The summed E-state index contributed by atoms with van der Waals surface area (Å²) >= 11 is 0. The van der Waals surface area contributed by atoms with Gasteiger partial charge >= 0.3 is 5.97 Å². The van der Waals surface area contributed by atoms with Crippen LogP contribution in [-0.2, 0) is 27.4 Å². The van der Waals surface area contributed by atoms with Crippen molar-refractivity contribution < 1.29 is 28.6 Å². The van der Waals surface area contributed by atoms with Gasteiger partial charge < -0.3 is 24.0 Å². The zero-order valence-corrected chi connectivity index (χ0v) is 26.1. The van der Waals surface area contributed by atoms with Gasteiger partial charge in [0.1, 0.15) is 0 Å². The standard InChI is InChI=1S/C36H39N3O6/c1-4-43-36(42)34-25(3)39(33(40)20-30(34)28-11-8-24(2)9-12-28)22-26-6-5-7-29(18-26)35(41)38-16-14-37(15-17-38)21-27-10-13-31-32(19-27)45-23-44-31/h5-13,18-19,30H,4,14-17,20-23H2,1-3H3. The number of hydrogen-bond donors (Lipinski definition) is 0. The first-order valence-electron chi connectivity index (χ1n) is 15.5. The summed E-state index contributed by atoms with van der Waals surface area (Å²) in [6.07, 6.45) is 0.170. The summed E-state index contributed by atoms with van der Waals surface area (Å²) < 4.78 is 16.4. The highest BCUT2D eigenvalue weighted by molar-refractivity contribution is 5.96. The molecule has 1 saturated heterocycles. The zero-order valence-electron chi connectivity index (χ0n) is 26.1. The molecular formula is C36H39N3O6. The Morgan fingerprint density at radius 1 is 0.867 bits per heavy atom. The van der Waals surface area contributed by atoms with E-state index in [0.29, 0.717) is 29.9 Å². The van der Waals surface area contributed by atoms with Crippen LogP contribution in [0.1, 0.15) is 58.8 Å². The molecule has 3 aromatic carbocycles. The first kappa shape index (κ1) is 30.4. The number of carbonyl (C=O) groups excluding carboxylic acids is 3. The van der Waals surface area contributed by atoms with Gasteiger partial charge in [-0.2, -0.15) is 0 Å². The van der Waals surface area contributed by atoms with Gasteiger partial charge in [-0.3, -0.25) is 14.5 Å². The first-order valence-corrected chi connectivity index (χ1v) is 15.5. The molecule has 0 aliphatic carbocycles. The molecule has 9 nitrogen and oxygen atoms in total. The molecule has 1 unspecified atom stereocenters. The molecule has 0 bridgehead atoms. The predicted molar refractivity (Wildman–Crippen MR) is 169 cm³/mol. The molecule has 3 aliphatic heterocycles. The fourth-order valence-electron chi connectivity index (χ4n) is 6.33. The second kappa shape index (κ2) is 13.2. The van der Waals surface area contributed by atoms with Crippen molar-refractivity contribution in [2.24, 2.45) is 0 Å². The summed E-state index contributed by atoms with van der Waals surface area (Å²) in [7, 11) is 0. The van der Waals surface area contributed by atoms with Crippen molar-refractivity contribution in [3.63, 3.8) is 0 Å². The highest BCUT2D eigenvalue weighted by Crippen LogP contribution is 2.38. The minimum absolute atomic E-state index is 0.0246. The van der Waals surface area contributed by atoms with Crippen molar-refractivity contribution in [2.75, 3.05) is 39.6 Å². The van der Waals surface area contributed by atoms with Gasteiger partial charge in [-0.25, -0.2) is 4.79 Å². The number of fused-ring (bicyclic) bond motifs is 1. The molecule has 0 radical (unpaired) electrons. The number of amides is 2. The Labute approximate surface area is 264 Å². The Hall–Kier alpha value is -4.63. The number of piperazine rings is 1. The van der Waals surface area contributed by atoms with E-state index in [4.69, 9.17) is 14.2 Å². The second-order valence-corrected chi connectivity index (χ2v) is 11.8. The quantitative estimate of drug-likeness (QED) is 0.331. The molecule has 1 fully saturated rings. The average Bonchev–Trinajstić information content (AvgIpc) is 3.51. The first-order chi connectivity index (χ1) is 21.8. The van der Waals surface area contributed by atoms with Crippen molar-refractivity contribution in [3.05, 3.63) is 106 Å². The number of ether oxygens (including phenoxy) is 3. The summed E-state index contributed by atoms with van der Waals surface area (Å²) in [6.45, 7) is 9.94. The smallest absolute Gasteiger partial charge is 0.336 e. The van der Waals surface area contributed by atoms with Gasteiger partial charge in [-0.1, -0.05) is 48.0 Å². The molecule has 3 aliphatic rings. The maximum absolute atomic E-state index is 13.5. The Kier molecular flexibility index (Phi) is 8.89. The van der Waals surface area contributed by atoms with Crippen LogP contribution in [0.3, 0.4) is 0 Å². The van der Waals surface area contributed by atoms with E-state index >= 15 is 0 Å². The van der Waals surface area contributed by atoms with Crippen molar-refractivity contribution in [1.29, 1.82) is 0 Å². The van der Waals surface area contributed by atoms with Crippen LogP contribution in [0.5, 0.6) is 11.5 Å². The van der Waals surface area contributed by atoms with E-state index in [1.54, 1.807) is 11.8 Å². The Bertz CT molecular complexity index is 1620. The molecule has 3 heterocycles. The van der Waals surface area contributed by atoms with Crippen LogP contribution in [0.15, 0.2) is 78.0 Å². The van der Waals surface area contributed by atoms with E-state index in [-0.39, 0.29) is 44.1 Å². The van der Waals surface area contributed by atoms with Gasteiger partial charge in [-0.05, 0) is 61.7 Å². The van der Waals surface area contributed by atoms with Gasteiger partial charge in [0.2, 0.25) is 12.7 Å². The Morgan fingerprint density at radius 3 is 2.36 bits per heavy atom. The van der Waals surface area contributed by atoms with E-state index in [1.165, 1.54) is 0 Å². The second-order valence-electron chi connectivity index (χ2n) is 11.8. The van der Waals surface area contributed by atoms with Crippen LogP contribution in [0, 0.1) is 6.92 Å². The van der Waals surface area contributed by atoms with E-state index < -0.39 is 5.97 Å². The van der Waals surface area contributed by atoms with E-state index in [1.807, 2.05) is 79.4 Å². The minimum atomic E-state index is -0.403. The topological polar surface area (TPSA) is 88.6 Å². The number of carbonyl (C=O) groups is 3. The van der Waals surface area contributed by atoms with Gasteiger partial charge in [0.15, 0.2) is 11.5 Å². The van der Waals surface area contributed by atoms with Crippen molar-refractivity contribution in [1.82, 2.24) is 14.7 Å². The molecular weight excluding hydrogens is 570 g/mol. The van der Waals surface area contributed by atoms with Gasteiger partial charge in [-0.15, -0.1) is 0 Å². The third-order valence-electron chi connectivity index (χ3n) is 8.82. The van der Waals surface area contributed by atoms with Gasteiger partial charge in [0.05, 0.1) is 18.7 Å². The normalized spacial score (nSPS) is 18.4. The highest BCUT2D eigenvalue weighted by atomic mass is 16.7. The van der Waals surface area contributed by atoms with Crippen LogP contribution in [0.25, 0.3) is 0 Å². The lowest BCUT2D eigenvalue weighted by atomic mass is 9.83. The van der Waals surface area contributed by atoms with Crippen LogP contribution in [0.4, 0.5) is 0 Å². The fraction of sp³-hybridized carbons (Fsp3) is 0.361. The van der Waals surface area contributed by atoms with E-state index in [0.717, 1.165) is 53.4 Å². The monoisotopic (exact) mass is 609 g/mol. The zero-order chi connectivity index (χ0) is 31.5. The molecule has 6 rings (SSSR count). The average molecular weight is 610 g/mol. The predicted octanol–water partition coefficient (Wildman–Crippen LogP) is 5.03. The van der Waals surface area contributed by atoms with Crippen molar-refractivity contribution in [3.8, 4) is 11.5 Å². The van der Waals surface area contributed by atoms with Crippen LogP contribution >= 0.6 is 0 Å². The SMILES string of the molecule is CCOC(=O)C1=C(C)N(Cc2cccc(C(=O)N3CCN(Cc4ccc5c(c4)OCO5)CC3)c2)C(=O)CC1c1ccc(C)cc1. The highest BCUT2D eigenvalue weighted by Gasteiger charge is 2.37. The largest absolute Gasteiger partial charge is 0.463 e. The molecule has 3 aromatic rings. The number of aryl methyl sites for hydroxylation is 1. The number of allylic oxidation sites excluding steroid dienone is 1. The molecule has 234 valence electrons. The van der Waals surface area contributed by atoms with Crippen molar-refractivity contribution >= 4 is 17.8 Å². The van der Waals surface area contributed by atoms with Gasteiger partial charge in [0, 0.05) is 56.3 Å². The summed E-state index contributed by atoms with van der Waals surface area (Å²) in [5, 5.41) is 0. The van der Waals surface area contributed by atoms with E-state index in [2.05, 4.69) is 11.0 Å². The molecule has 45 heavy (non-hydrogen) atoms. The maximum atomic E-state index is 13.5. The molecule has 0 spiro atoms. The number of esters is 1. The molecule has 0 N–H and O–H groups in total. The number of hydrogen-bond acceptors (Lipinski definition) is 7. The summed E-state index contributed by atoms with van der Waals surface area (Å²) in [5.74, 6) is 0.689. The van der Waals surface area contributed by atoms with Crippen LogP contribution < -0.4 is 9.47 Å². The van der Waals surface area contributed by atoms with E-state index in [9.17, 15) is 14.4 Å². The lowest BCUT2D eigenvalue weighted by Gasteiger charge is -2.35. The van der Waals surface area contributed by atoms with Crippen molar-refractivity contribution in [2.45, 2.75) is 46.2 Å². The van der Waals surface area contributed by atoms with Crippen LogP contribution in [-0.4, -0.2) is 72.1 Å².